The molecule has 0 bridgehead atoms. The van der Waals surface area contributed by atoms with Gasteiger partial charge in [0.15, 0.2) is 0 Å². The Labute approximate surface area is 224 Å². The van der Waals surface area contributed by atoms with Crippen LogP contribution in [0.15, 0.2) is 35.3 Å². The molecule has 1 aliphatic rings. The number of benzene rings is 1. The zero-order valence-electron chi connectivity index (χ0n) is 23.4. The number of esters is 1. The highest BCUT2D eigenvalue weighted by atomic mass is 16.6. The Morgan fingerprint density at radius 2 is 2.08 bits per heavy atom. The number of aliphatic hydroxyl groups excluding tert-OH is 1. The van der Waals surface area contributed by atoms with Crippen molar-refractivity contribution in [2.75, 3.05) is 13.1 Å². The lowest BCUT2D eigenvalue weighted by molar-refractivity contribution is -0.160. The first-order chi connectivity index (χ1) is 17.9. The first-order valence-corrected chi connectivity index (χ1v) is 13.4. The number of nitrogens with one attached hydrogen (secondary N) is 2. The van der Waals surface area contributed by atoms with Crippen molar-refractivity contribution < 1.29 is 14.6 Å². The van der Waals surface area contributed by atoms with Crippen molar-refractivity contribution in [2.24, 2.45) is 13.0 Å². The predicted molar refractivity (Wildman–Crippen MR) is 149 cm³/mol. The first-order valence-electron chi connectivity index (χ1n) is 13.4. The van der Waals surface area contributed by atoms with E-state index in [4.69, 9.17) is 9.72 Å². The summed E-state index contributed by atoms with van der Waals surface area (Å²) in [7, 11) is 1.77. The number of aliphatic hydroxyl groups is 1. The van der Waals surface area contributed by atoms with Crippen LogP contribution in [0.2, 0.25) is 0 Å². The molecule has 206 valence electrons. The van der Waals surface area contributed by atoms with E-state index in [1.165, 1.54) is 0 Å². The van der Waals surface area contributed by atoms with E-state index in [-0.39, 0.29) is 5.56 Å². The Balaban J connectivity index is 1.68. The largest absolute Gasteiger partial charge is 0.459 e. The van der Waals surface area contributed by atoms with E-state index in [0.29, 0.717) is 18.0 Å². The zero-order valence-corrected chi connectivity index (χ0v) is 23.4. The predicted octanol–water partition coefficient (Wildman–Crippen LogP) is 2.89. The first kappa shape index (κ1) is 28.0. The molecular formula is C29H41N5O4. The van der Waals surface area contributed by atoms with Crippen molar-refractivity contribution in [1.29, 1.82) is 0 Å². The fourth-order valence-corrected chi connectivity index (χ4v) is 5.07. The van der Waals surface area contributed by atoms with Crippen LogP contribution in [0.1, 0.15) is 51.7 Å². The lowest BCUT2D eigenvalue weighted by Crippen LogP contribution is -2.47. The van der Waals surface area contributed by atoms with Crippen LogP contribution in [0.4, 0.5) is 0 Å². The van der Waals surface area contributed by atoms with Crippen LogP contribution >= 0.6 is 0 Å². The molecule has 38 heavy (non-hydrogen) atoms. The average molecular weight is 524 g/mol. The minimum Gasteiger partial charge on any atom is -0.459 e. The van der Waals surface area contributed by atoms with Crippen LogP contribution in [0.3, 0.4) is 0 Å². The fraction of sp³-hybridized carbons (Fsp3) is 0.552. The van der Waals surface area contributed by atoms with Gasteiger partial charge in [0.1, 0.15) is 17.5 Å². The normalized spacial score (nSPS) is 17.9. The second-order valence-electron chi connectivity index (χ2n) is 11.5. The van der Waals surface area contributed by atoms with E-state index in [1.54, 1.807) is 18.5 Å². The molecule has 2 unspecified atom stereocenters. The molecule has 1 saturated heterocycles. The minimum atomic E-state index is -0.905. The zero-order chi connectivity index (χ0) is 27.6. The van der Waals surface area contributed by atoms with Gasteiger partial charge in [-0.2, -0.15) is 0 Å². The van der Waals surface area contributed by atoms with E-state index in [1.807, 2.05) is 52.1 Å². The number of ether oxygens (including phenoxy) is 1. The summed E-state index contributed by atoms with van der Waals surface area (Å²) >= 11 is 0. The van der Waals surface area contributed by atoms with Gasteiger partial charge in [-0.25, -0.2) is 4.98 Å². The molecule has 0 amide bonds. The van der Waals surface area contributed by atoms with Gasteiger partial charge in [0.05, 0.1) is 17.1 Å². The van der Waals surface area contributed by atoms with Crippen LogP contribution in [0.25, 0.3) is 22.4 Å². The Morgan fingerprint density at radius 1 is 1.32 bits per heavy atom. The SMILES string of the molecule is Cc1cc(-c2nc3ccc(CNC(C(=O)OC(C)(C)C)C(C)O)cc3n2C[C@H]2CCCNC2)cn(C)c1=O. The lowest BCUT2D eigenvalue weighted by Gasteiger charge is -2.26. The van der Waals surface area contributed by atoms with Crippen LogP contribution in [-0.2, 0) is 29.7 Å². The minimum absolute atomic E-state index is 0.0149. The Morgan fingerprint density at radius 3 is 2.71 bits per heavy atom. The molecular weight excluding hydrogens is 482 g/mol. The quantitative estimate of drug-likeness (QED) is 0.390. The fourth-order valence-electron chi connectivity index (χ4n) is 5.07. The molecule has 9 nitrogen and oxygen atoms in total. The standard InChI is InChI=1S/C29H41N5O4/c1-18-12-22(17-33(6)27(18)36)26-32-23-10-9-20(13-24(23)34(26)16-21-8-7-11-30-14-21)15-31-25(19(2)35)28(37)38-29(3,4)5/h9-10,12-13,17,19,21,25,30-31,35H,7-8,11,14-16H2,1-6H3/t19?,21-,25?/m0/s1. The molecule has 3 N–H and O–H groups in total. The van der Waals surface area contributed by atoms with Gasteiger partial charge < -0.3 is 24.3 Å². The number of carbonyl (C=O) groups is 1. The molecule has 1 aromatic carbocycles. The van der Waals surface area contributed by atoms with Gasteiger partial charge >= 0.3 is 5.97 Å². The summed E-state index contributed by atoms with van der Waals surface area (Å²) in [6, 6.07) is 7.14. The third-order valence-electron chi connectivity index (χ3n) is 6.94. The van der Waals surface area contributed by atoms with Crippen LogP contribution in [0.5, 0.6) is 0 Å². The third kappa shape index (κ3) is 6.51. The van der Waals surface area contributed by atoms with Gasteiger partial charge in [-0.3, -0.25) is 14.9 Å². The summed E-state index contributed by atoms with van der Waals surface area (Å²) in [5.41, 5.74) is 3.78. The van der Waals surface area contributed by atoms with E-state index in [2.05, 4.69) is 21.3 Å². The maximum atomic E-state index is 12.7. The number of carbonyl (C=O) groups excluding carboxylic acids is 1. The molecule has 0 saturated carbocycles. The van der Waals surface area contributed by atoms with Crippen molar-refractivity contribution in [2.45, 2.75) is 78.3 Å². The highest BCUT2D eigenvalue weighted by Gasteiger charge is 2.28. The summed E-state index contributed by atoms with van der Waals surface area (Å²) in [6.45, 7) is 12.0. The molecule has 1 fully saturated rings. The van der Waals surface area contributed by atoms with Crippen molar-refractivity contribution in [3.63, 3.8) is 0 Å². The van der Waals surface area contributed by atoms with Crippen LogP contribution in [0, 0.1) is 12.8 Å². The second-order valence-corrected chi connectivity index (χ2v) is 11.5. The number of hydrogen-bond donors (Lipinski definition) is 3. The molecule has 0 aliphatic carbocycles. The monoisotopic (exact) mass is 523 g/mol. The van der Waals surface area contributed by atoms with E-state index < -0.39 is 23.7 Å². The summed E-state index contributed by atoms with van der Waals surface area (Å²) in [5, 5.41) is 16.9. The maximum Gasteiger partial charge on any atom is 0.326 e. The topological polar surface area (TPSA) is 110 Å². The maximum absolute atomic E-state index is 12.7. The molecule has 0 radical (unpaired) electrons. The third-order valence-corrected chi connectivity index (χ3v) is 6.94. The van der Waals surface area contributed by atoms with Crippen molar-refractivity contribution >= 4 is 17.0 Å². The van der Waals surface area contributed by atoms with Crippen molar-refractivity contribution in [3.8, 4) is 11.4 Å². The number of aryl methyl sites for hydroxylation is 2. The van der Waals surface area contributed by atoms with Gasteiger partial charge in [-0.1, -0.05) is 6.07 Å². The number of imidazole rings is 1. The van der Waals surface area contributed by atoms with Crippen molar-refractivity contribution in [1.82, 2.24) is 24.8 Å². The highest BCUT2D eigenvalue weighted by Crippen LogP contribution is 2.28. The molecule has 4 rings (SSSR count). The second kappa shape index (κ2) is 11.4. The van der Waals surface area contributed by atoms with Gasteiger partial charge in [-0.15, -0.1) is 0 Å². The number of nitrogens with zero attached hydrogens (tertiary/aromatic N) is 3. The summed E-state index contributed by atoms with van der Waals surface area (Å²) in [4.78, 5) is 30.0. The number of rotatable bonds is 8. The van der Waals surface area contributed by atoms with E-state index in [9.17, 15) is 14.7 Å². The van der Waals surface area contributed by atoms with Gasteiger partial charge in [0, 0.05) is 37.5 Å². The average Bonchev–Trinajstić information content (AvgIpc) is 3.19. The van der Waals surface area contributed by atoms with Gasteiger partial charge in [-0.05, 0) is 90.2 Å². The van der Waals surface area contributed by atoms with E-state index >= 15 is 0 Å². The Kier molecular flexibility index (Phi) is 8.40. The van der Waals surface area contributed by atoms with Crippen molar-refractivity contribution in [3.05, 3.63) is 51.9 Å². The number of piperidine rings is 1. The van der Waals surface area contributed by atoms with Crippen LogP contribution < -0.4 is 16.2 Å². The summed E-state index contributed by atoms with van der Waals surface area (Å²) in [6.07, 6.45) is 3.23. The molecule has 1 aliphatic heterocycles. The molecule has 9 heteroatoms. The number of aromatic nitrogens is 3. The highest BCUT2D eigenvalue weighted by molar-refractivity contribution is 5.81. The van der Waals surface area contributed by atoms with Gasteiger partial charge in [0.25, 0.3) is 5.56 Å². The van der Waals surface area contributed by atoms with Crippen LogP contribution in [-0.4, -0.2) is 56.0 Å². The molecule has 3 atom stereocenters. The summed E-state index contributed by atoms with van der Waals surface area (Å²) < 4.78 is 9.37. The smallest absolute Gasteiger partial charge is 0.326 e. The lowest BCUT2D eigenvalue weighted by atomic mass is 9.99. The number of hydrogen-bond acceptors (Lipinski definition) is 7. The molecule has 0 spiro atoms. The Bertz CT molecular complexity index is 1320. The molecule has 2 aromatic heterocycles. The van der Waals surface area contributed by atoms with Gasteiger partial charge in [0.2, 0.25) is 0 Å². The Hall–Kier alpha value is -3.01. The summed E-state index contributed by atoms with van der Waals surface area (Å²) in [5.74, 6) is 0.836. The van der Waals surface area contributed by atoms with E-state index in [0.717, 1.165) is 60.5 Å². The number of pyridine rings is 1. The molecule has 3 heterocycles. The number of fused-ring (bicyclic) bond motifs is 1. The molecule has 3 aromatic rings.